The molecular weight excluding hydrogens is 405 g/mol. The van der Waals surface area contributed by atoms with Crippen molar-refractivity contribution in [3.05, 3.63) is 59.2 Å². The van der Waals surface area contributed by atoms with Crippen LogP contribution in [-0.4, -0.2) is 50.2 Å². The van der Waals surface area contributed by atoms with E-state index in [1.807, 2.05) is 0 Å². The number of nitrogens with zero attached hydrogens (tertiary/aromatic N) is 2. The van der Waals surface area contributed by atoms with Gasteiger partial charge in [-0.15, -0.1) is 0 Å². The Bertz CT molecular complexity index is 893. The van der Waals surface area contributed by atoms with Crippen molar-refractivity contribution in [1.29, 1.82) is 0 Å². The number of benzene rings is 2. The molecule has 0 spiro atoms. The largest absolute Gasteiger partial charge is 0.418 e. The Morgan fingerprint density at radius 2 is 1.74 bits per heavy atom. The lowest BCUT2D eigenvalue weighted by atomic mass is 10.1. The molecule has 1 aliphatic heterocycles. The average molecular weight is 435 g/mol. The van der Waals surface area contributed by atoms with Gasteiger partial charge in [-0.2, -0.15) is 13.2 Å². The molecule has 31 heavy (non-hydrogen) atoms. The lowest BCUT2D eigenvalue weighted by Gasteiger charge is -2.37. The van der Waals surface area contributed by atoms with Gasteiger partial charge in [0.1, 0.15) is 0 Å². The minimum atomic E-state index is -4.51. The van der Waals surface area contributed by atoms with Gasteiger partial charge in [0.05, 0.1) is 11.3 Å². The number of nitrogens with one attached hydrogen (secondary N) is 2. The average Bonchev–Trinajstić information content (AvgIpc) is 2.73. The summed E-state index contributed by atoms with van der Waals surface area (Å²) in [6.45, 7) is 9.25. The van der Waals surface area contributed by atoms with E-state index in [9.17, 15) is 18.0 Å². The molecule has 0 bridgehead atoms. The SMILES string of the molecule is Cc1ccc(C)c(N2CCN(CCCNC(=O)Nc3ccccc3C(F)(F)F)CC2)c1. The predicted octanol–water partition coefficient (Wildman–Crippen LogP) is 4.66. The van der Waals surface area contributed by atoms with Crippen molar-refractivity contribution in [2.24, 2.45) is 0 Å². The summed E-state index contributed by atoms with van der Waals surface area (Å²) in [6, 6.07) is 10.8. The quantitative estimate of drug-likeness (QED) is 0.651. The Morgan fingerprint density at radius 1 is 1.03 bits per heavy atom. The molecule has 5 nitrogen and oxygen atoms in total. The van der Waals surface area contributed by atoms with Crippen molar-refractivity contribution in [3.8, 4) is 0 Å². The highest BCUT2D eigenvalue weighted by Crippen LogP contribution is 2.34. The van der Waals surface area contributed by atoms with Crippen LogP contribution in [0.15, 0.2) is 42.5 Å². The zero-order chi connectivity index (χ0) is 22.4. The van der Waals surface area contributed by atoms with Crippen LogP contribution in [0.2, 0.25) is 0 Å². The molecule has 2 aromatic carbocycles. The van der Waals surface area contributed by atoms with Crippen molar-refractivity contribution >= 4 is 17.4 Å². The number of alkyl halides is 3. The van der Waals surface area contributed by atoms with E-state index in [4.69, 9.17) is 0 Å². The highest BCUT2D eigenvalue weighted by molar-refractivity contribution is 5.90. The Kier molecular flexibility index (Phi) is 7.43. The van der Waals surface area contributed by atoms with Crippen LogP contribution in [-0.2, 0) is 6.18 Å². The third-order valence-electron chi connectivity index (χ3n) is 5.49. The molecule has 0 unspecified atom stereocenters. The van der Waals surface area contributed by atoms with Crippen LogP contribution in [0.1, 0.15) is 23.1 Å². The molecule has 0 aliphatic carbocycles. The van der Waals surface area contributed by atoms with E-state index < -0.39 is 17.8 Å². The van der Waals surface area contributed by atoms with Gasteiger partial charge in [-0.3, -0.25) is 4.90 Å². The second-order valence-electron chi connectivity index (χ2n) is 7.90. The molecule has 2 amide bonds. The molecule has 3 rings (SSSR count). The van der Waals surface area contributed by atoms with Crippen LogP contribution < -0.4 is 15.5 Å². The van der Waals surface area contributed by atoms with Crippen molar-refractivity contribution < 1.29 is 18.0 Å². The van der Waals surface area contributed by atoms with Crippen molar-refractivity contribution in [2.75, 3.05) is 49.5 Å². The number of aryl methyl sites for hydroxylation is 2. The first kappa shape index (κ1) is 22.9. The standard InChI is InChI=1S/C23H29F3N4O/c1-17-8-9-18(2)21(16-17)30-14-12-29(13-15-30)11-5-10-27-22(31)28-20-7-4-3-6-19(20)23(24,25)26/h3-4,6-9,16H,5,10-15H2,1-2H3,(H2,27,28,31). The molecule has 1 fully saturated rings. The van der Waals surface area contributed by atoms with Crippen molar-refractivity contribution in [3.63, 3.8) is 0 Å². The summed E-state index contributed by atoms with van der Waals surface area (Å²) in [4.78, 5) is 16.7. The van der Waals surface area contributed by atoms with E-state index in [0.29, 0.717) is 6.54 Å². The van der Waals surface area contributed by atoms with Crippen molar-refractivity contribution in [1.82, 2.24) is 10.2 Å². The van der Waals surface area contributed by atoms with Gasteiger partial charge in [0.15, 0.2) is 0 Å². The van der Waals surface area contributed by atoms with Gasteiger partial charge in [0, 0.05) is 38.4 Å². The number of carbonyl (C=O) groups excluding carboxylic acids is 1. The van der Waals surface area contributed by atoms with Crippen LogP contribution in [0.4, 0.5) is 29.3 Å². The highest BCUT2D eigenvalue weighted by atomic mass is 19.4. The van der Waals surface area contributed by atoms with E-state index in [-0.39, 0.29) is 5.69 Å². The molecule has 168 valence electrons. The van der Waals surface area contributed by atoms with E-state index in [1.165, 1.54) is 35.0 Å². The van der Waals surface area contributed by atoms with Crippen LogP contribution in [0.25, 0.3) is 0 Å². The van der Waals surface area contributed by atoms with Crippen LogP contribution in [0.5, 0.6) is 0 Å². The van der Waals surface area contributed by atoms with E-state index in [2.05, 4.69) is 52.5 Å². The summed E-state index contributed by atoms with van der Waals surface area (Å²) < 4.78 is 39.0. The van der Waals surface area contributed by atoms with E-state index in [1.54, 1.807) is 0 Å². The number of carbonyl (C=O) groups is 1. The maximum Gasteiger partial charge on any atom is 0.418 e. The first-order chi connectivity index (χ1) is 14.7. The molecule has 8 heteroatoms. The number of halogens is 3. The normalized spacial score (nSPS) is 15.1. The Hall–Kier alpha value is -2.74. The predicted molar refractivity (Wildman–Crippen MR) is 118 cm³/mol. The molecule has 1 aliphatic rings. The fraction of sp³-hybridized carbons (Fsp3) is 0.435. The topological polar surface area (TPSA) is 47.6 Å². The molecule has 0 radical (unpaired) electrons. The monoisotopic (exact) mass is 434 g/mol. The van der Waals surface area contributed by atoms with Crippen LogP contribution in [0.3, 0.4) is 0 Å². The summed E-state index contributed by atoms with van der Waals surface area (Å²) in [5.74, 6) is 0. The minimum Gasteiger partial charge on any atom is -0.369 e. The van der Waals surface area contributed by atoms with Gasteiger partial charge in [-0.25, -0.2) is 4.79 Å². The number of piperazine rings is 1. The van der Waals surface area contributed by atoms with Gasteiger partial charge in [0.25, 0.3) is 0 Å². The van der Waals surface area contributed by atoms with Crippen LogP contribution in [0, 0.1) is 13.8 Å². The molecular formula is C23H29F3N4O. The number of anilines is 2. The fourth-order valence-corrected chi connectivity index (χ4v) is 3.78. The molecule has 0 saturated carbocycles. The molecule has 0 atom stereocenters. The van der Waals surface area contributed by atoms with Gasteiger partial charge < -0.3 is 15.5 Å². The Balaban J connectivity index is 1.38. The maximum atomic E-state index is 13.0. The summed E-state index contributed by atoms with van der Waals surface area (Å²) in [7, 11) is 0. The second kappa shape index (κ2) is 10.0. The number of urea groups is 1. The first-order valence-corrected chi connectivity index (χ1v) is 10.5. The highest BCUT2D eigenvalue weighted by Gasteiger charge is 2.33. The molecule has 2 aromatic rings. The minimum absolute atomic E-state index is 0.241. The molecule has 1 heterocycles. The number of hydrogen-bond acceptors (Lipinski definition) is 3. The summed E-state index contributed by atoms with van der Waals surface area (Å²) in [5, 5.41) is 4.94. The number of amides is 2. The molecule has 0 aromatic heterocycles. The third kappa shape index (κ3) is 6.37. The summed E-state index contributed by atoms with van der Waals surface area (Å²) >= 11 is 0. The summed E-state index contributed by atoms with van der Waals surface area (Å²) in [5.41, 5.74) is 2.73. The van der Waals surface area contributed by atoms with E-state index in [0.717, 1.165) is 45.2 Å². The fourth-order valence-electron chi connectivity index (χ4n) is 3.78. The molecule has 1 saturated heterocycles. The summed E-state index contributed by atoms with van der Waals surface area (Å²) in [6.07, 6.45) is -3.78. The van der Waals surface area contributed by atoms with E-state index >= 15 is 0 Å². The van der Waals surface area contributed by atoms with Gasteiger partial charge in [-0.1, -0.05) is 24.3 Å². The molecule has 2 N–H and O–H groups in total. The lowest BCUT2D eigenvalue weighted by molar-refractivity contribution is -0.136. The van der Waals surface area contributed by atoms with Gasteiger partial charge >= 0.3 is 12.2 Å². The van der Waals surface area contributed by atoms with Gasteiger partial charge in [0.2, 0.25) is 0 Å². The Labute approximate surface area is 181 Å². The van der Waals surface area contributed by atoms with Crippen molar-refractivity contribution in [2.45, 2.75) is 26.4 Å². The number of rotatable bonds is 6. The third-order valence-corrected chi connectivity index (χ3v) is 5.49. The van der Waals surface area contributed by atoms with Crippen LogP contribution >= 0.6 is 0 Å². The van der Waals surface area contributed by atoms with Gasteiger partial charge in [-0.05, 0) is 56.1 Å². The zero-order valence-corrected chi connectivity index (χ0v) is 17.9. The second-order valence-corrected chi connectivity index (χ2v) is 7.90. The Morgan fingerprint density at radius 3 is 2.45 bits per heavy atom. The maximum absolute atomic E-state index is 13.0. The smallest absolute Gasteiger partial charge is 0.369 e. The zero-order valence-electron chi connectivity index (χ0n) is 17.9. The lowest BCUT2D eigenvalue weighted by Crippen LogP contribution is -2.47. The first-order valence-electron chi connectivity index (χ1n) is 10.5. The number of para-hydroxylation sites is 1. The number of hydrogen-bond donors (Lipinski definition) is 2.